The second-order valence-corrected chi connectivity index (χ2v) is 9.90. The van der Waals surface area contributed by atoms with Crippen molar-refractivity contribution < 1.29 is 9.53 Å². The number of fused-ring (bicyclic) bond motifs is 7. The maximum absolute atomic E-state index is 8.95. The van der Waals surface area contributed by atoms with Crippen molar-refractivity contribution in [3.63, 3.8) is 0 Å². The Kier molecular flexibility index (Phi) is 2.86. The van der Waals surface area contributed by atoms with Gasteiger partial charge in [0.1, 0.15) is 0 Å². The van der Waals surface area contributed by atoms with Crippen molar-refractivity contribution in [1.82, 2.24) is 0 Å². The first-order chi connectivity index (χ1) is 10.3. The van der Waals surface area contributed by atoms with Gasteiger partial charge in [0.15, 0.2) is 0 Å². The van der Waals surface area contributed by atoms with Crippen LogP contribution in [0.5, 0.6) is 0 Å². The van der Waals surface area contributed by atoms with Crippen LogP contribution in [0.1, 0.15) is 30.9 Å². The van der Waals surface area contributed by atoms with Gasteiger partial charge in [0.25, 0.3) is 8.32 Å². The molecule has 0 aliphatic carbocycles. The van der Waals surface area contributed by atoms with Crippen molar-refractivity contribution in [2.24, 2.45) is 0 Å². The van der Waals surface area contributed by atoms with Crippen LogP contribution in [0.4, 0.5) is 0 Å². The van der Waals surface area contributed by atoms with Crippen LogP contribution in [0.25, 0.3) is 0 Å². The number of unbranched alkanes of at least 4 members (excludes halogenated alkanes) is 1. The van der Waals surface area contributed by atoms with Gasteiger partial charge in [0.2, 0.25) is 0 Å². The number of hydrogen-bond donors (Lipinski definition) is 1. The van der Waals surface area contributed by atoms with E-state index in [2.05, 4.69) is 55.5 Å². The van der Waals surface area contributed by atoms with Crippen LogP contribution >= 0.6 is 0 Å². The third-order valence-corrected chi connectivity index (χ3v) is 10.2. The predicted octanol–water partition coefficient (Wildman–Crippen LogP) is 1.71. The van der Waals surface area contributed by atoms with Crippen LogP contribution in [0.2, 0.25) is 0 Å². The second-order valence-electron chi connectivity index (χ2n) is 6.18. The molecular weight excluding hydrogens is 276 g/mol. The first kappa shape index (κ1) is 13.3. The normalized spacial score (nSPS) is 27.9. The molecule has 4 rings (SSSR count). The Morgan fingerprint density at radius 1 is 0.952 bits per heavy atom. The summed E-state index contributed by atoms with van der Waals surface area (Å²) in [6, 6.07) is 17.6. The minimum Gasteiger partial charge on any atom is -0.407 e. The van der Waals surface area contributed by atoms with Crippen LogP contribution in [-0.2, 0) is 9.46 Å². The molecule has 0 atom stereocenters. The molecule has 0 spiro atoms. The fourth-order valence-corrected chi connectivity index (χ4v) is 9.60. The van der Waals surface area contributed by atoms with Gasteiger partial charge < -0.3 is 9.53 Å². The average molecular weight is 296 g/mol. The number of benzene rings is 2. The molecule has 0 bridgehead atoms. The Labute approximate surface area is 126 Å². The maximum atomic E-state index is 8.95. The van der Waals surface area contributed by atoms with Crippen molar-refractivity contribution in [2.75, 3.05) is 13.2 Å². The summed E-state index contributed by atoms with van der Waals surface area (Å²) in [5.74, 6) is 0. The number of hydrogen-bond acceptors (Lipinski definition) is 2. The lowest BCUT2D eigenvalue weighted by Gasteiger charge is -2.65. The fraction of sp³-hybridized carbons (Fsp3) is 0.333. The van der Waals surface area contributed by atoms with E-state index in [4.69, 9.17) is 9.53 Å². The second kappa shape index (κ2) is 4.53. The molecule has 2 heterocycles. The quantitative estimate of drug-likeness (QED) is 0.672. The van der Waals surface area contributed by atoms with Crippen LogP contribution in [0.3, 0.4) is 0 Å². The van der Waals surface area contributed by atoms with Crippen LogP contribution in [0, 0.1) is 0 Å². The molecule has 0 amide bonds. The van der Waals surface area contributed by atoms with Crippen LogP contribution in [0.15, 0.2) is 48.5 Å². The van der Waals surface area contributed by atoms with Gasteiger partial charge >= 0.3 is 0 Å². The molecule has 3 heteroatoms. The van der Waals surface area contributed by atoms with Crippen molar-refractivity contribution in [1.29, 1.82) is 0 Å². The van der Waals surface area contributed by atoms with E-state index in [0.717, 1.165) is 19.4 Å². The molecule has 108 valence electrons. The standard InChI is InChI=1S/C18H20O2Si/c1-18-14-8-2-4-10-16(14)21(18,20-13-7-6-12-19)17-11-5-3-9-15(17)18/h2-5,8-11,19H,6-7,12-13H2,1H3. The summed E-state index contributed by atoms with van der Waals surface area (Å²) in [5.41, 5.74) is 2.91. The van der Waals surface area contributed by atoms with Crippen LogP contribution < -0.4 is 10.4 Å². The highest BCUT2D eigenvalue weighted by Gasteiger charge is 2.73. The Balaban J connectivity index is 1.76. The number of aliphatic hydroxyl groups excluding tert-OH is 1. The molecule has 0 fully saturated rings. The van der Waals surface area contributed by atoms with Crippen LogP contribution in [-0.4, -0.2) is 26.6 Å². The van der Waals surface area contributed by atoms with Crippen molar-refractivity contribution in [3.8, 4) is 0 Å². The summed E-state index contributed by atoms with van der Waals surface area (Å²) < 4.78 is 6.55. The monoisotopic (exact) mass is 296 g/mol. The van der Waals surface area contributed by atoms with Crippen molar-refractivity contribution in [3.05, 3.63) is 59.7 Å². The lowest BCUT2D eigenvalue weighted by molar-refractivity contribution is 0.241. The Morgan fingerprint density at radius 2 is 1.52 bits per heavy atom. The van der Waals surface area contributed by atoms with Gasteiger partial charge in [-0.05, 0) is 34.3 Å². The molecule has 2 aliphatic heterocycles. The first-order valence-corrected chi connectivity index (χ1v) is 9.62. The minimum atomic E-state index is -2.02. The van der Waals surface area contributed by atoms with Gasteiger partial charge in [-0.3, -0.25) is 0 Å². The summed E-state index contributed by atoms with van der Waals surface area (Å²) in [6.45, 7) is 3.36. The van der Waals surface area contributed by atoms with E-state index < -0.39 is 8.32 Å². The predicted molar refractivity (Wildman–Crippen MR) is 86.6 cm³/mol. The molecule has 2 aromatic carbocycles. The van der Waals surface area contributed by atoms with Gasteiger partial charge in [-0.15, -0.1) is 0 Å². The summed E-state index contributed by atoms with van der Waals surface area (Å²) in [6.07, 6.45) is 1.76. The van der Waals surface area contributed by atoms with E-state index in [0.29, 0.717) is 0 Å². The van der Waals surface area contributed by atoms with Crippen molar-refractivity contribution in [2.45, 2.75) is 24.8 Å². The first-order valence-electron chi connectivity index (χ1n) is 7.71. The van der Waals surface area contributed by atoms with E-state index in [1.54, 1.807) is 0 Å². The van der Waals surface area contributed by atoms with Gasteiger partial charge in [0, 0.05) is 18.3 Å². The number of aliphatic hydroxyl groups is 1. The Hall–Kier alpha value is -1.42. The zero-order chi connectivity index (χ0) is 14.5. The van der Waals surface area contributed by atoms with E-state index in [-0.39, 0.29) is 11.6 Å². The lowest BCUT2D eigenvalue weighted by atomic mass is 9.88. The van der Waals surface area contributed by atoms with Gasteiger partial charge in [0.05, 0.1) is 0 Å². The molecule has 2 nitrogen and oxygen atoms in total. The maximum Gasteiger partial charge on any atom is 0.270 e. The van der Waals surface area contributed by atoms with E-state index in [1.165, 1.54) is 21.5 Å². The molecule has 21 heavy (non-hydrogen) atoms. The molecule has 0 saturated heterocycles. The smallest absolute Gasteiger partial charge is 0.270 e. The fourth-order valence-electron chi connectivity index (χ4n) is 4.27. The van der Waals surface area contributed by atoms with Gasteiger partial charge in [-0.2, -0.15) is 0 Å². The molecular formula is C18H20O2Si. The largest absolute Gasteiger partial charge is 0.407 e. The highest BCUT2D eigenvalue weighted by molar-refractivity contribution is 7.07. The Bertz CT molecular complexity index is 648. The summed E-state index contributed by atoms with van der Waals surface area (Å²) in [4.78, 5) is 0. The highest BCUT2D eigenvalue weighted by Crippen LogP contribution is 2.54. The van der Waals surface area contributed by atoms with E-state index >= 15 is 0 Å². The molecule has 2 aliphatic rings. The van der Waals surface area contributed by atoms with E-state index in [9.17, 15) is 0 Å². The zero-order valence-corrected chi connectivity index (χ0v) is 13.3. The van der Waals surface area contributed by atoms with E-state index in [1.807, 2.05) is 0 Å². The Morgan fingerprint density at radius 3 is 2.10 bits per heavy atom. The molecule has 0 unspecified atom stereocenters. The molecule has 1 N–H and O–H groups in total. The summed E-state index contributed by atoms with van der Waals surface area (Å²) >= 11 is 0. The lowest BCUT2D eigenvalue weighted by Crippen LogP contribution is -2.90. The topological polar surface area (TPSA) is 29.5 Å². The molecule has 0 saturated carbocycles. The molecule has 0 aromatic heterocycles. The van der Waals surface area contributed by atoms with Gasteiger partial charge in [-0.25, -0.2) is 0 Å². The summed E-state index contributed by atoms with van der Waals surface area (Å²) in [7, 11) is -2.02. The minimum absolute atomic E-state index is 0.124. The van der Waals surface area contributed by atoms with Crippen molar-refractivity contribution >= 4 is 18.7 Å². The third-order valence-electron chi connectivity index (χ3n) is 5.27. The van der Waals surface area contributed by atoms with Gasteiger partial charge in [-0.1, -0.05) is 55.5 Å². The highest BCUT2D eigenvalue weighted by atomic mass is 28.4. The summed E-state index contributed by atoms with van der Waals surface area (Å²) in [5, 5.41) is 12.0. The zero-order valence-electron chi connectivity index (χ0n) is 12.3. The SMILES string of the molecule is CC12c3ccccc3[Si]1(OCCCCO)c1ccccc12. The average Bonchev–Trinajstić information content (AvgIpc) is 2.54. The number of rotatable bonds is 5. The molecule has 2 aromatic rings. The third kappa shape index (κ3) is 1.39. The molecule has 0 radical (unpaired) electrons.